The molecule has 5 nitrogen and oxygen atoms in total. The molecule has 2 N–H and O–H groups in total. The SMILES string of the molecule is CC(C)(C)OCC(NC(=S)Nc1cccc(Cl)c1)C(=O)OC(C)(C)C. The van der Waals surface area contributed by atoms with E-state index in [1.807, 2.05) is 47.6 Å². The van der Waals surface area contributed by atoms with Crippen LogP contribution in [0.4, 0.5) is 5.69 Å². The lowest BCUT2D eigenvalue weighted by atomic mass is 10.1. The van der Waals surface area contributed by atoms with Gasteiger partial charge in [0.15, 0.2) is 5.11 Å². The molecule has 0 saturated carbocycles. The molecule has 0 radical (unpaired) electrons. The van der Waals surface area contributed by atoms with Gasteiger partial charge in [-0.25, -0.2) is 4.79 Å². The highest BCUT2D eigenvalue weighted by atomic mass is 35.5. The highest BCUT2D eigenvalue weighted by Gasteiger charge is 2.27. The van der Waals surface area contributed by atoms with Crippen LogP contribution in [0.25, 0.3) is 0 Å². The summed E-state index contributed by atoms with van der Waals surface area (Å²) in [7, 11) is 0. The van der Waals surface area contributed by atoms with E-state index in [0.29, 0.717) is 5.02 Å². The molecule has 0 amide bonds. The zero-order chi connectivity index (χ0) is 19.3. The molecule has 0 saturated heterocycles. The van der Waals surface area contributed by atoms with Gasteiger partial charge in [-0.3, -0.25) is 0 Å². The van der Waals surface area contributed by atoms with Gasteiger partial charge in [0.2, 0.25) is 0 Å². The summed E-state index contributed by atoms with van der Waals surface area (Å²) in [6, 6.07) is 6.42. The Bertz CT molecular complexity index is 609. The summed E-state index contributed by atoms with van der Waals surface area (Å²) in [5.41, 5.74) is -0.255. The monoisotopic (exact) mass is 386 g/mol. The van der Waals surface area contributed by atoms with Gasteiger partial charge < -0.3 is 20.1 Å². The third kappa shape index (κ3) is 9.63. The van der Waals surface area contributed by atoms with Crippen LogP contribution in [0.3, 0.4) is 0 Å². The Kier molecular flexibility index (Phi) is 7.65. The second kappa shape index (κ2) is 8.83. The first-order valence-corrected chi connectivity index (χ1v) is 8.84. The first kappa shape index (κ1) is 21.7. The number of ether oxygens (including phenoxy) is 2. The molecule has 1 aromatic carbocycles. The topological polar surface area (TPSA) is 59.6 Å². The summed E-state index contributed by atoms with van der Waals surface area (Å²) >= 11 is 11.3. The molecule has 0 bridgehead atoms. The highest BCUT2D eigenvalue weighted by Crippen LogP contribution is 2.15. The number of esters is 1. The smallest absolute Gasteiger partial charge is 0.331 e. The second-order valence-electron chi connectivity index (χ2n) is 7.62. The third-order valence-corrected chi connectivity index (χ3v) is 3.22. The van der Waals surface area contributed by atoms with E-state index >= 15 is 0 Å². The predicted molar refractivity (Wildman–Crippen MR) is 106 cm³/mol. The van der Waals surface area contributed by atoms with Gasteiger partial charge >= 0.3 is 5.97 Å². The summed E-state index contributed by atoms with van der Waals surface area (Å²) in [6.07, 6.45) is 0. The van der Waals surface area contributed by atoms with Crippen molar-refractivity contribution in [3.8, 4) is 0 Å². The maximum absolute atomic E-state index is 12.4. The largest absolute Gasteiger partial charge is 0.458 e. The molecule has 25 heavy (non-hydrogen) atoms. The average molecular weight is 387 g/mol. The fraction of sp³-hybridized carbons (Fsp3) is 0.556. The number of carbonyl (C=O) groups is 1. The molecule has 0 spiro atoms. The fourth-order valence-electron chi connectivity index (χ4n) is 1.77. The van der Waals surface area contributed by atoms with Crippen molar-refractivity contribution in [2.24, 2.45) is 0 Å². The normalized spacial score (nSPS) is 13.1. The van der Waals surface area contributed by atoms with Crippen molar-refractivity contribution < 1.29 is 14.3 Å². The van der Waals surface area contributed by atoms with E-state index in [1.54, 1.807) is 18.2 Å². The second-order valence-corrected chi connectivity index (χ2v) is 8.46. The van der Waals surface area contributed by atoms with Gasteiger partial charge in [0.1, 0.15) is 11.6 Å². The lowest BCUT2D eigenvalue weighted by Gasteiger charge is -2.28. The van der Waals surface area contributed by atoms with Crippen molar-refractivity contribution in [1.82, 2.24) is 5.32 Å². The molecule has 0 heterocycles. The first-order chi connectivity index (χ1) is 11.4. The van der Waals surface area contributed by atoms with Gasteiger partial charge in [-0.05, 0) is 72.0 Å². The van der Waals surface area contributed by atoms with Crippen LogP contribution in [0.1, 0.15) is 41.5 Å². The number of thiocarbonyl (C=S) groups is 1. The van der Waals surface area contributed by atoms with Gasteiger partial charge in [-0.2, -0.15) is 0 Å². The van der Waals surface area contributed by atoms with Crippen LogP contribution < -0.4 is 10.6 Å². The number of hydrogen-bond donors (Lipinski definition) is 2. The molecule has 140 valence electrons. The number of anilines is 1. The average Bonchev–Trinajstić information content (AvgIpc) is 2.40. The van der Waals surface area contributed by atoms with Gasteiger partial charge in [0, 0.05) is 10.7 Å². The summed E-state index contributed by atoms with van der Waals surface area (Å²) in [4.78, 5) is 12.4. The molecule has 1 unspecified atom stereocenters. The van der Waals surface area contributed by atoms with Crippen LogP contribution in [-0.2, 0) is 14.3 Å². The Morgan fingerprint density at radius 1 is 1.20 bits per heavy atom. The standard InChI is InChI=1S/C18H27ClN2O3S/c1-17(2,3)23-11-14(15(22)24-18(4,5)6)21-16(25)20-13-9-7-8-12(19)10-13/h7-10,14H,11H2,1-6H3,(H2,20,21,25). The number of carbonyl (C=O) groups excluding carboxylic acids is 1. The molecular weight excluding hydrogens is 360 g/mol. The number of halogens is 1. The Hall–Kier alpha value is -1.37. The molecule has 0 aromatic heterocycles. The van der Waals surface area contributed by atoms with E-state index in [2.05, 4.69) is 10.6 Å². The number of hydrogen-bond acceptors (Lipinski definition) is 4. The number of rotatable bonds is 5. The van der Waals surface area contributed by atoms with E-state index in [9.17, 15) is 4.79 Å². The highest BCUT2D eigenvalue weighted by molar-refractivity contribution is 7.80. The quantitative estimate of drug-likeness (QED) is 0.585. The molecule has 1 atom stereocenters. The minimum Gasteiger partial charge on any atom is -0.458 e. The van der Waals surface area contributed by atoms with Crippen molar-refractivity contribution in [2.75, 3.05) is 11.9 Å². The lowest BCUT2D eigenvalue weighted by molar-refractivity contribution is -0.159. The summed E-state index contributed by atoms with van der Waals surface area (Å²) in [5, 5.41) is 6.84. The van der Waals surface area contributed by atoms with Crippen LogP contribution in [0.5, 0.6) is 0 Å². The molecule has 1 aromatic rings. The van der Waals surface area contributed by atoms with Gasteiger partial charge in [0.05, 0.1) is 12.2 Å². The number of benzene rings is 1. The Morgan fingerprint density at radius 2 is 1.84 bits per heavy atom. The molecular formula is C18H27ClN2O3S. The first-order valence-electron chi connectivity index (χ1n) is 8.06. The minimum absolute atomic E-state index is 0.135. The van der Waals surface area contributed by atoms with Crippen molar-refractivity contribution in [3.63, 3.8) is 0 Å². The summed E-state index contributed by atoms with van der Waals surface area (Å²) in [6.45, 7) is 11.3. The molecule has 0 aliphatic heterocycles. The third-order valence-electron chi connectivity index (χ3n) is 2.76. The van der Waals surface area contributed by atoms with Crippen molar-refractivity contribution in [1.29, 1.82) is 0 Å². The van der Waals surface area contributed by atoms with Crippen LogP contribution in [0.15, 0.2) is 24.3 Å². The molecule has 7 heteroatoms. The lowest BCUT2D eigenvalue weighted by Crippen LogP contribution is -2.49. The zero-order valence-corrected chi connectivity index (χ0v) is 17.2. The Morgan fingerprint density at radius 3 is 2.36 bits per heavy atom. The van der Waals surface area contributed by atoms with E-state index in [-0.39, 0.29) is 17.3 Å². The number of nitrogens with one attached hydrogen (secondary N) is 2. The minimum atomic E-state index is -0.724. The fourth-order valence-corrected chi connectivity index (χ4v) is 2.22. The van der Waals surface area contributed by atoms with Crippen LogP contribution in [0.2, 0.25) is 5.02 Å². The van der Waals surface area contributed by atoms with Crippen molar-refractivity contribution >= 4 is 40.6 Å². The molecule has 1 rings (SSSR count). The van der Waals surface area contributed by atoms with Crippen LogP contribution in [0, 0.1) is 0 Å². The molecule has 0 fully saturated rings. The van der Waals surface area contributed by atoms with Crippen molar-refractivity contribution in [3.05, 3.63) is 29.3 Å². The van der Waals surface area contributed by atoms with Crippen molar-refractivity contribution in [2.45, 2.75) is 58.8 Å². The van der Waals surface area contributed by atoms with Gasteiger partial charge in [-0.15, -0.1) is 0 Å². The predicted octanol–water partition coefficient (Wildman–Crippen LogP) is 4.15. The van der Waals surface area contributed by atoms with Crippen LogP contribution >= 0.6 is 23.8 Å². The molecule has 0 aliphatic carbocycles. The van der Waals surface area contributed by atoms with E-state index in [0.717, 1.165) is 5.69 Å². The van der Waals surface area contributed by atoms with Gasteiger partial charge in [0.25, 0.3) is 0 Å². The zero-order valence-electron chi connectivity index (χ0n) is 15.6. The van der Waals surface area contributed by atoms with E-state index in [1.165, 1.54) is 0 Å². The van der Waals surface area contributed by atoms with Gasteiger partial charge in [-0.1, -0.05) is 17.7 Å². The Balaban J connectivity index is 2.76. The van der Waals surface area contributed by atoms with E-state index < -0.39 is 17.6 Å². The molecule has 0 aliphatic rings. The maximum Gasteiger partial charge on any atom is 0.331 e. The Labute approximate surface area is 160 Å². The maximum atomic E-state index is 12.4. The van der Waals surface area contributed by atoms with E-state index in [4.69, 9.17) is 33.3 Å². The summed E-state index contributed by atoms with van der Waals surface area (Å²) < 4.78 is 11.2. The summed E-state index contributed by atoms with van der Waals surface area (Å²) in [5.74, 6) is -0.424. The van der Waals surface area contributed by atoms with Crippen LogP contribution in [-0.4, -0.2) is 34.9 Å².